The molecule has 1 aromatic heterocycles. The number of H-pyrrole nitrogens is 1. The molecule has 3 aliphatic rings. The highest BCUT2D eigenvalue weighted by atomic mass is 16.5. The summed E-state index contributed by atoms with van der Waals surface area (Å²) >= 11 is 0. The number of dihydropyridines is 1. The molecular formula is C39H55N3O4. The summed E-state index contributed by atoms with van der Waals surface area (Å²) in [6.45, 7) is 3.35. The minimum Gasteiger partial charge on any atom is -0.504 e. The number of rotatable bonds is 12. The van der Waals surface area contributed by atoms with Crippen LogP contribution in [0.15, 0.2) is 60.1 Å². The summed E-state index contributed by atoms with van der Waals surface area (Å²) in [6.07, 6.45) is 18.3. The fourth-order valence-corrected chi connectivity index (χ4v) is 8.04. The molecule has 0 amide bonds. The molecule has 2 aromatic rings. The van der Waals surface area contributed by atoms with Gasteiger partial charge >= 0.3 is 0 Å². The van der Waals surface area contributed by atoms with E-state index < -0.39 is 12.2 Å². The number of aliphatic hydroxyl groups is 2. The number of aromatic nitrogens is 1. The predicted molar refractivity (Wildman–Crippen MR) is 184 cm³/mol. The topological polar surface area (TPSA) is 124 Å². The molecule has 2 heterocycles. The van der Waals surface area contributed by atoms with Gasteiger partial charge in [-0.05, 0) is 98.8 Å². The minimum atomic E-state index is -0.652. The molecule has 0 unspecified atom stereocenters. The van der Waals surface area contributed by atoms with Crippen molar-refractivity contribution >= 4 is 0 Å². The number of aliphatic hydroxyl groups excluding tert-OH is 2. The Hall–Kier alpha value is -3.34. The Morgan fingerprint density at radius 1 is 1.09 bits per heavy atom. The van der Waals surface area contributed by atoms with E-state index in [4.69, 9.17) is 10.5 Å². The van der Waals surface area contributed by atoms with E-state index in [9.17, 15) is 15.3 Å². The van der Waals surface area contributed by atoms with Gasteiger partial charge in [0, 0.05) is 42.1 Å². The number of hydrogen-bond donors (Lipinski definition) is 6. The molecule has 0 spiro atoms. The first-order chi connectivity index (χ1) is 22.4. The molecule has 7 N–H and O–H groups in total. The van der Waals surface area contributed by atoms with Crippen molar-refractivity contribution in [3.05, 3.63) is 71.3 Å². The van der Waals surface area contributed by atoms with Crippen molar-refractivity contribution in [3.8, 4) is 23.3 Å². The maximum Gasteiger partial charge on any atom is 0.161 e. The summed E-state index contributed by atoms with van der Waals surface area (Å²) in [5.74, 6) is 8.31. The number of hydrogen-bond acceptors (Lipinski definition) is 6. The van der Waals surface area contributed by atoms with Crippen molar-refractivity contribution in [2.45, 2.75) is 114 Å². The van der Waals surface area contributed by atoms with Gasteiger partial charge in [-0.2, -0.15) is 0 Å². The first-order valence-corrected chi connectivity index (χ1v) is 17.7. The average molecular weight is 630 g/mol. The lowest BCUT2D eigenvalue weighted by atomic mass is 9.60. The highest BCUT2D eigenvalue weighted by Gasteiger charge is 2.43. The molecule has 1 fully saturated rings. The first-order valence-electron chi connectivity index (χ1n) is 17.7. The van der Waals surface area contributed by atoms with Gasteiger partial charge in [0.05, 0.1) is 24.6 Å². The van der Waals surface area contributed by atoms with Gasteiger partial charge in [-0.25, -0.2) is 0 Å². The van der Waals surface area contributed by atoms with Crippen LogP contribution < -0.4 is 15.8 Å². The van der Waals surface area contributed by atoms with Crippen molar-refractivity contribution in [1.82, 2.24) is 10.3 Å². The Bertz CT molecular complexity index is 1370. The van der Waals surface area contributed by atoms with E-state index in [0.29, 0.717) is 56.3 Å². The lowest BCUT2D eigenvalue weighted by molar-refractivity contribution is 0.00559. The average Bonchev–Trinajstić information content (AvgIpc) is 3.62. The zero-order valence-corrected chi connectivity index (χ0v) is 27.6. The highest BCUT2D eigenvalue weighted by Crippen LogP contribution is 2.49. The van der Waals surface area contributed by atoms with Crippen LogP contribution >= 0.6 is 0 Å². The molecule has 46 heavy (non-hydrogen) atoms. The standard InChI is InChI=1S/C39H55N3O4/c1-2-28-10-4-5-13-33(43)31(12-8-11-28)34(44)17-15-29-16-18-35(45)36(26-29)46-25-20-32(30-19-24-42-38(40)27-30)39(21-6-3-7-22-39)37-14-9-23-41-37/h9,14,16,18-19,23,26-28,31-34,41-45H,2-7,10,12-13,15,17,20-22,24-25,40H2,1H3/t28-,31+,32-,33+,34-/m1/s1. The third-order valence-corrected chi connectivity index (χ3v) is 10.8. The number of phenols is 1. The van der Waals surface area contributed by atoms with Crippen LogP contribution in [0.5, 0.6) is 11.5 Å². The Labute approximate surface area is 275 Å². The van der Waals surface area contributed by atoms with Crippen LogP contribution in [0.4, 0.5) is 0 Å². The number of nitrogens with two attached hydrogens (primary N) is 1. The zero-order valence-electron chi connectivity index (χ0n) is 27.6. The normalized spacial score (nSPS) is 24.7. The van der Waals surface area contributed by atoms with Gasteiger partial charge in [-0.3, -0.25) is 0 Å². The van der Waals surface area contributed by atoms with E-state index in [1.807, 2.05) is 18.3 Å². The Balaban J connectivity index is 1.25. The third-order valence-electron chi connectivity index (χ3n) is 10.8. The summed E-state index contributed by atoms with van der Waals surface area (Å²) in [5, 5.41) is 36.0. The van der Waals surface area contributed by atoms with Crippen LogP contribution in [-0.2, 0) is 11.8 Å². The van der Waals surface area contributed by atoms with E-state index in [0.717, 1.165) is 50.5 Å². The quantitative estimate of drug-likeness (QED) is 0.147. The monoisotopic (exact) mass is 629 g/mol. The molecule has 5 rings (SSSR count). The molecule has 1 saturated carbocycles. The van der Waals surface area contributed by atoms with E-state index >= 15 is 0 Å². The van der Waals surface area contributed by atoms with Crippen LogP contribution in [0.25, 0.3) is 0 Å². The SMILES string of the molecule is CC[C@H]1C#CC[C@H]([C@H](O)CCc2ccc(O)c(OCC[C@H](C3=CCNC(N)=C3)C3(c4ccc[nH]4)CCCCC3)c2)[C@@H](O)CCCC1. The van der Waals surface area contributed by atoms with Crippen LogP contribution in [0, 0.1) is 29.6 Å². The number of phenolic OH excluding ortho intramolecular Hbond substituents is 1. The number of nitrogens with one attached hydrogen (secondary N) is 2. The third kappa shape index (κ3) is 8.52. The molecular weight excluding hydrogens is 574 g/mol. The Morgan fingerprint density at radius 2 is 1.91 bits per heavy atom. The molecule has 1 aromatic carbocycles. The van der Waals surface area contributed by atoms with E-state index in [1.165, 1.54) is 30.5 Å². The van der Waals surface area contributed by atoms with Crippen molar-refractivity contribution in [2.75, 3.05) is 13.2 Å². The van der Waals surface area contributed by atoms with Gasteiger partial charge < -0.3 is 36.1 Å². The largest absolute Gasteiger partial charge is 0.504 e. The number of benzene rings is 1. The van der Waals surface area contributed by atoms with Gasteiger partial charge in [0.25, 0.3) is 0 Å². The zero-order chi connectivity index (χ0) is 32.4. The van der Waals surface area contributed by atoms with Gasteiger partial charge in [0.15, 0.2) is 11.5 Å². The van der Waals surface area contributed by atoms with Crippen LogP contribution in [0.2, 0.25) is 0 Å². The van der Waals surface area contributed by atoms with Crippen molar-refractivity contribution < 1.29 is 20.1 Å². The number of aromatic amines is 1. The number of ether oxygens (including phenoxy) is 1. The fraction of sp³-hybridized carbons (Fsp3) is 0.590. The second-order valence-electron chi connectivity index (χ2n) is 13.7. The fourth-order valence-electron chi connectivity index (χ4n) is 8.04. The first kappa shape index (κ1) is 34.0. The Morgan fingerprint density at radius 3 is 2.67 bits per heavy atom. The summed E-state index contributed by atoms with van der Waals surface area (Å²) in [7, 11) is 0. The van der Waals surface area contributed by atoms with E-state index in [1.54, 1.807) is 6.07 Å². The van der Waals surface area contributed by atoms with Crippen molar-refractivity contribution in [3.63, 3.8) is 0 Å². The lowest BCUT2D eigenvalue weighted by Gasteiger charge is -2.44. The number of aromatic hydroxyl groups is 1. The molecule has 0 bridgehead atoms. The van der Waals surface area contributed by atoms with Gasteiger partial charge in [-0.1, -0.05) is 57.1 Å². The van der Waals surface area contributed by atoms with Crippen molar-refractivity contribution in [2.24, 2.45) is 23.5 Å². The smallest absolute Gasteiger partial charge is 0.161 e. The Kier molecular flexibility index (Phi) is 12.2. The molecule has 0 saturated heterocycles. The summed E-state index contributed by atoms with van der Waals surface area (Å²) in [6, 6.07) is 9.79. The van der Waals surface area contributed by atoms with Crippen LogP contribution in [0.1, 0.15) is 102 Å². The molecule has 7 nitrogen and oxygen atoms in total. The summed E-state index contributed by atoms with van der Waals surface area (Å²) < 4.78 is 6.32. The van der Waals surface area contributed by atoms with E-state index in [-0.39, 0.29) is 23.0 Å². The maximum absolute atomic E-state index is 11.2. The maximum atomic E-state index is 11.2. The molecule has 0 radical (unpaired) electrons. The lowest BCUT2D eigenvalue weighted by Crippen LogP contribution is -2.40. The van der Waals surface area contributed by atoms with Gasteiger partial charge in [-0.15, -0.1) is 5.92 Å². The van der Waals surface area contributed by atoms with Crippen LogP contribution in [-0.4, -0.2) is 45.7 Å². The molecule has 7 heteroatoms. The van der Waals surface area contributed by atoms with E-state index in [2.05, 4.69) is 53.4 Å². The number of aryl methyl sites for hydroxylation is 1. The predicted octanol–water partition coefficient (Wildman–Crippen LogP) is 6.60. The second kappa shape index (κ2) is 16.5. The van der Waals surface area contributed by atoms with Gasteiger partial charge in [0.2, 0.25) is 0 Å². The summed E-state index contributed by atoms with van der Waals surface area (Å²) in [4.78, 5) is 3.55. The van der Waals surface area contributed by atoms with Crippen molar-refractivity contribution in [1.29, 1.82) is 0 Å². The van der Waals surface area contributed by atoms with Gasteiger partial charge in [0.1, 0.15) is 0 Å². The van der Waals surface area contributed by atoms with Crippen LogP contribution in [0.3, 0.4) is 0 Å². The summed E-state index contributed by atoms with van der Waals surface area (Å²) in [5.41, 5.74) is 9.75. The molecule has 250 valence electrons. The molecule has 2 aliphatic carbocycles. The minimum absolute atomic E-state index is 0.0212. The highest BCUT2D eigenvalue weighted by molar-refractivity contribution is 5.42. The molecule has 1 aliphatic heterocycles. The number of allylic oxidation sites excluding steroid dienone is 2. The molecule has 5 atom stereocenters. The second-order valence-corrected chi connectivity index (χ2v) is 13.7.